The Labute approximate surface area is 125 Å². The molecule has 2 rings (SSSR count). The molecule has 21 heavy (non-hydrogen) atoms. The smallest absolute Gasteiger partial charge is 0.329 e. The Morgan fingerprint density at radius 3 is 2.38 bits per heavy atom. The average molecular weight is 287 g/mol. The van der Waals surface area contributed by atoms with E-state index in [-0.39, 0.29) is 0 Å². The number of carbonyl (C=O) groups is 2. The highest BCUT2D eigenvalue weighted by atomic mass is 16.2. The summed E-state index contributed by atoms with van der Waals surface area (Å²) in [5.41, 5.74) is 4.42. The minimum atomic E-state index is -0.674. The topological polar surface area (TPSA) is 61.8 Å². The lowest BCUT2D eigenvalue weighted by Gasteiger charge is -2.12. The molecule has 0 aromatic heterocycles. The summed E-state index contributed by atoms with van der Waals surface area (Å²) in [7, 11) is 0. The van der Waals surface area contributed by atoms with E-state index in [1.54, 1.807) is 11.1 Å². The van der Waals surface area contributed by atoms with E-state index in [2.05, 4.69) is 24.4 Å². The Hall–Kier alpha value is -2.17. The van der Waals surface area contributed by atoms with Crippen LogP contribution in [0.1, 0.15) is 43.7 Å². The van der Waals surface area contributed by atoms with E-state index in [9.17, 15) is 9.59 Å². The van der Waals surface area contributed by atoms with Crippen molar-refractivity contribution in [3.63, 3.8) is 0 Å². The molecule has 1 aromatic carbocycles. The van der Waals surface area contributed by atoms with E-state index in [1.807, 2.05) is 24.3 Å². The van der Waals surface area contributed by atoms with Crippen molar-refractivity contribution in [2.45, 2.75) is 32.6 Å². The predicted octanol–water partition coefficient (Wildman–Crippen LogP) is 1.88. The zero-order chi connectivity index (χ0) is 15.2. The van der Waals surface area contributed by atoms with E-state index in [4.69, 9.17) is 0 Å². The number of hydrazone groups is 1. The third-order valence-electron chi connectivity index (χ3n) is 3.57. The number of benzene rings is 1. The van der Waals surface area contributed by atoms with Crippen LogP contribution in [-0.4, -0.2) is 36.0 Å². The lowest BCUT2D eigenvalue weighted by atomic mass is 10.0. The van der Waals surface area contributed by atoms with Gasteiger partial charge in [-0.3, -0.25) is 9.59 Å². The van der Waals surface area contributed by atoms with Crippen molar-refractivity contribution in [3.05, 3.63) is 35.4 Å². The Bertz CT molecular complexity index is 529. The van der Waals surface area contributed by atoms with Crippen molar-refractivity contribution in [2.75, 3.05) is 13.1 Å². The third-order valence-corrected chi connectivity index (χ3v) is 3.57. The minimum Gasteiger partial charge on any atom is -0.334 e. The molecule has 112 valence electrons. The van der Waals surface area contributed by atoms with E-state index in [1.165, 1.54) is 5.56 Å². The van der Waals surface area contributed by atoms with Gasteiger partial charge in [-0.1, -0.05) is 38.1 Å². The summed E-state index contributed by atoms with van der Waals surface area (Å²) in [5, 5.41) is 3.84. The predicted molar refractivity (Wildman–Crippen MR) is 82.1 cm³/mol. The Balaban J connectivity index is 1.86. The standard InChI is InChI=1S/C16H21N3O2/c1-12(2)14-7-5-13(6-8-14)11-17-18-15(20)16(21)19-9-3-4-10-19/h5-8,11-12H,3-4,9-10H2,1-2H3,(H,18,20). The van der Waals surface area contributed by atoms with Crippen LogP contribution in [0, 0.1) is 0 Å². The van der Waals surface area contributed by atoms with Gasteiger partial charge < -0.3 is 4.90 Å². The van der Waals surface area contributed by atoms with Crippen LogP contribution in [0.15, 0.2) is 29.4 Å². The average Bonchev–Trinajstić information content (AvgIpc) is 3.01. The van der Waals surface area contributed by atoms with Crippen molar-refractivity contribution in [1.82, 2.24) is 10.3 Å². The minimum absolute atomic E-state index is 0.480. The van der Waals surface area contributed by atoms with Gasteiger partial charge in [0.2, 0.25) is 0 Å². The fourth-order valence-electron chi connectivity index (χ4n) is 2.24. The number of amides is 2. The zero-order valence-corrected chi connectivity index (χ0v) is 12.5. The number of nitrogens with zero attached hydrogens (tertiary/aromatic N) is 2. The summed E-state index contributed by atoms with van der Waals surface area (Å²) in [6, 6.07) is 7.94. The zero-order valence-electron chi connectivity index (χ0n) is 12.5. The molecule has 0 spiro atoms. The molecule has 1 aliphatic rings. The molecule has 0 unspecified atom stereocenters. The molecular weight excluding hydrogens is 266 g/mol. The summed E-state index contributed by atoms with van der Waals surface area (Å²) < 4.78 is 0. The summed E-state index contributed by atoms with van der Waals surface area (Å²) in [5.74, 6) is -0.694. The first-order chi connectivity index (χ1) is 10.1. The van der Waals surface area contributed by atoms with Crippen LogP contribution < -0.4 is 5.43 Å². The summed E-state index contributed by atoms with van der Waals surface area (Å²) in [6.07, 6.45) is 3.47. The molecule has 1 heterocycles. The molecule has 5 heteroatoms. The van der Waals surface area contributed by atoms with Crippen molar-refractivity contribution < 1.29 is 9.59 Å². The molecule has 0 atom stereocenters. The summed E-state index contributed by atoms with van der Waals surface area (Å²) in [4.78, 5) is 25.0. The quantitative estimate of drug-likeness (QED) is 0.524. The Morgan fingerprint density at radius 2 is 1.81 bits per heavy atom. The fraction of sp³-hybridized carbons (Fsp3) is 0.438. The SMILES string of the molecule is CC(C)c1ccc(C=NNC(=O)C(=O)N2CCCC2)cc1. The van der Waals surface area contributed by atoms with Gasteiger partial charge in [0.25, 0.3) is 0 Å². The molecule has 0 radical (unpaired) electrons. The first-order valence-electron chi connectivity index (χ1n) is 7.30. The lowest BCUT2D eigenvalue weighted by molar-refractivity contribution is -0.145. The van der Waals surface area contributed by atoms with Crippen LogP contribution in [0.2, 0.25) is 0 Å². The van der Waals surface area contributed by atoms with Crippen LogP contribution in [0.5, 0.6) is 0 Å². The molecule has 0 aliphatic carbocycles. The largest absolute Gasteiger partial charge is 0.334 e. The highest BCUT2D eigenvalue weighted by molar-refractivity contribution is 6.35. The number of hydrogen-bond acceptors (Lipinski definition) is 3. The second-order valence-electron chi connectivity index (χ2n) is 5.52. The van der Waals surface area contributed by atoms with Crippen LogP contribution in [0.3, 0.4) is 0 Å². The van der Waals surface area contributed by atoms with Gasteiger partial charge in [-0.25, -0.2) is 5.43 Å². The molecule has 1 aliphatic heterocycles. The van der Waals surface area contributed by atoms with Gasteiger partial charge in [0, 0.05) is 13.1 Å². The second-order valence-corrected chi connectivity index (χ2v) is 5.52. The van der Waals surface area contributed by atoms with Crippen molar-refractivity contribution >= 4 is 18.0 Å². The van der Waals surface area contributed by atoms with E-state index in [0.29, 0.717) is 19.0 Å². The van der Waals surface area contributed by atoms with Gasteiger partial charge in [-0.05, 0) is 29.9 Å². The van der Waals surface area contributed by atoms with Crippen molar-refractivity contribution in [1.29, 1.82) is 0 Å². The van der Waals surface area contributed by atoms with Crippen LogP contribution in [0.4, 0.5) is 0 Å². The van der Waals surface area contributed by atoms with Crippen molar-refractivity contribution in [3.8, 4) is 0 Å². The Kier molecular flexibility index (Phi) is 5.09. The second kappa shape index (κ2) is 7.02. The van der Waals surface area contributed by atoms with Gasteiger partial charge >= 0.3 is 11.8 Å². The fourth-order valence-corrected chi connectivity index (χ4v) is 2.24. The summed E-state index contributed by atoms with van der Waals surface area (Å²) >= 11 is 0. The first kappa shape index (κ1) is 15.2. The number of carbonyl (C=O) groups excluding carboxylic acids is 2. The first-order valence-corrected chi connectivity index (χ1v) is 7.30. The van der Waals surface area contributed by atoms with Crippen LogP contribution >= 0.6 is 0 Å². The van der Waals surface area contributed by atoms with Gasteiger partial charge in [-0.15, -0.1) is 0 Å². The molecule has 2 amide bonds. The molecule has 1 N–H and O–H groups in total. The monoisotopic (exact) mass is 287 g/mol. The molecular formula is C16H21N3O2. The number of likely N-dealkylation sites (tertiary alicyclic amines) is 1. The van der Waals surface area contributed by atoms with Crippen LogP contribution in [0.25, 0.3) is 0 Å². The molecule has 1 saturated heterocycles. The van der Waals surface area contributed by atoms with Crippen LogP contribution in [-0.2, 0) is 9.59 Å². The molecule has 0 bridgehead atoms. The molecule has 0 saturated carbocycles. The number of rotatable bonds is 3. The van der Waals surface area contributed by atoms with Gasteiger partial charge in [-0.2, -0.15) is 5.10 Å². The molecule has 5 nitrogen and oxygen atoms in total. The number of nitrogens with one attached hydrogen (secondary N) is 1. The van der Waals surface area contributed by atoms with Crippen molar-refractivity contribution in [2.24, 2.45) is 5.10 Å². The van der Waals surface area contributed by atoms with E-state index < -0.39 is 11.8 Å². The van der Waals surface area contributed by atoms with Gasteiger partial charge in [0.1, 0.15) is 0 Å². The molecule has 1 aromatic rings. The highest BCUT2D eigenvalue weighted by Crippen LogP contribution is 2.13. The maximum absolute atomic E-state index is 11.7. The molecule has 1 fully saturated rings. The lowest BCUT2D eigenvalue weighted by Crippen LogP contribution is -2.39. The van der Waals surface area contributed by atoms with Gasteiger partial charge in [0.05, 0.1) is 6.21 Å². The summed E-state index contributed by atoms with van der Waals surface area (Å²) in [6.45, 7) is 5.58. The third kappa shape index (κ3) is 4.15. The highest BCUT2D eigenvalue weighted by Gasteiger charge is 2.23. The Morgan fingerprint density at radius 1 is 1.19 bits per heavy atom. The van der Waals surface area contributed by atoms with Gasteiger partial charge in [0.15, 0.2) is 0 Å². The number of hydrogen-bond donors (Lipinski definition) is 1. The maximum atomic E-state index is 11.7. The maximum Gasteiger partial charge on any atom is 0.329 e. The van der Waals surface area contributed by atoms with E-state index in [0.717, 1.165) is 18.4 Å². The van der Waals surface area contributed by atoms with E-state index >= 15 is 0 Å². The normalized spacial score (nSPS) is 14.9.